The predicted molar refractivity (Wildman–Crippen MR) is 197 cm³/mol. The number of esters is 2. The molecule has 9 heteroatoms. The zero-order valence-electron chi connectivity index (χ0n) is 30.1. The SMILES string of the molecule is CC/C=C/C/C=C/C/C=C/C/C=C/C/C=C/CCCCCC(=O)O[C@H](COC(=O)CCCCCCCCCCCCC)COP(=O)(O)O. The molecule has 0 rings (SSSR count). The van der Waals surface area contributed by atoms with E-state index in [9.17, 15) is 14.2 Å². The van der Waals surface area contributed by atoms with Gasteiger partial charge < -0.3 is 19.3 Å². The van der Waals surface area contributed by atoms with Crippen molar-refractivity contribution in [3.63, 3.8) is 0 Å². The Hall–Kier alpha value is -2.25. The minimum atomic E-state index is -4.76. The molecule has 0 unspecified atom stereocenters. The third-order valence-electron chi connectivity index (χ3n) is 7.55. The number of allylic oxidation sites excluding steroid dienone is 10. The van der Waals surface area contributed by atoms with E-state index in [0.29, 0.717) is 6.42 Å². The van der Waals surface area contributed by atoms with Gasteiger partial charge in [0.15, 0.2) is 6.10 Å². The Morgan fingerprint density at radius 3 is 1.50 bits per heavy atom. The first-order chi connectivity index (χ1) is 23.3. The third-order valence-corrected chi connectivity index (χ3v) is 8.04. The Bertz CT molecular complexity index is 963. The second kappa shape index (κ2) is 34.6. The molecule has 0 aliphatic heterocycles. The lowest BCUT2D eigenvalue weighted by atomic mass is 10.1. The van der Waals surface area contributed by atoms with Crippen LogP contribution in [-0.4, -0.2) is 41.0 Å². The smallest absolute Gasteiger partial charge is 0.462 e. The highest BCUT2D eigenvalue weighted by Gasteiger charge is 2.22. The molecule has 0 spiro atoms. The normalized spacial score (nSPS) is 13.2. The van der Waals surface area contributed by atoms with Gasteiger partial charge in [-0.1, -0.05) is 145 Å². The molecule has 0 aliphatic rings. The van der Waals surface area contributed by atoms with Crippen LogP contribution in [0.3, 0.4) is 0 Å². The number of hydrogen-bond donors (Lipinski definition) is 2. The van der Waals surface area contributed by atoms with E-state index in [1.165, 1.54) is 51.4 Å². The summed E-state index contributed by atoms with van der Waals surface area (Å²) < 4.78 is 26.2. The fourth-order valence-corrected chi connectivity index (χ4v) is 5.17. The van der Waals surface area contributed by atoms with Crippen LogP contribution in [0.5, 0.6) is 0 Å². The van der Waals surface area contributed by atoms with Crippen LogP contribution in [0.2, 0.25) is 0 Å². The highest BCUT2D eigenvalue weighted by Crippen LogP contribution is 2.36. The molecule has 0 aromatic rings. The molecule has 0 aromatic carbocycles. The van der Waals surface area contributed by atoms with Gasteiger partial charge in [0.1, 0.15) is 6.61 Å². The largest absolute Gasteiger partial charge is 0.469 e. The molecule has 276 valence electrons. The Morgan fingerprint density at radius 2 is 1.00 bits per heavy atom. The van der Waals surface area contributed by atoms with E-state index in [1.54, 1.807) is 0 Å². The van der Waals surface area contributed by atoms with Crippen LogP contribution in [0.25, 0.3) is 0 Å². The molecule has 0 radical (unpaired) electrons. The summed E-state index contributed by atoms with van der Waals surface area (Å²) in [5, 5.41) is 0. The van der Waals surface area contributed by atoms with Gasteiger partial charge in [0, 0.05) is 12.8 Å². The van der Waals surface area contributed by atoms with Crippen molar-refractivity contribution < 1.29 is 37.9 Å². The first kappa shape index (κ1) is 45.8. The average molecular weight is 695 g/mol. The molecule has 48 heavy (non-hydrogen) atoms. The van der Waals surface area contributed by atoms with Gasteiger partial charge in [-0.15, -0.1) is 0 Å². The van der Waals surface area contributed by atoms with E-state index in [1.807, 2.05) is 0 Å². The zero-order valence-corrected chi connectivity index (χ0v) is 31.0. The van der Waals surface area contributed by atoms with Crippen molar-refractivity contribution in [2.45, 2.75) is 161 Å². The van der Waals surface area contributed by atoms with E-state index in [0.717, 1.165) is 70.6 Å². The van der Waals surface area contributed by atoms with Crippen molar-refractivity contribution in [3.05, 3.63) is 60.8 Å². The van der Waals surface area contributed by atoms with E-state index < -0.39 is 32.5 Å². The quantitative estimate of drug-likeness (QED) is 0.0301. The summed E-state index contributed by atoms with van der Waals surface area (Å²) in [7, 11) is -4.76. The summed E-state index contributed by atoms with van der Waals surface area (Å²) in [4.78, 5) is 42.6. The summed E-state index contributed by atoms with van der Waals surface area (Å²) in [6.45, 7) is 3.51. The van der Waals surface area contributed by atoms with Gasteiger partial charge >= 0.3 is 19.8 Å². The molecular formula is C39H67O8P. The number of carbonyl (C=O) groups excluding carboxylic acids is 2. The van der Waals surface area contributed by atoms with E-state index in [4.69, 9.17) is 19.3 Å². The van der Waals surface area contributed by atoms with Gasteiger partial charge in [0.2, 0.25) is 0 Å². The molecule has 0 heterocycles. The Balaban J connectivity index is 4.06. The Labute approximate surface area is 292 Å². The van der Waals surface area contributed by atoms with Crippen molar-refractivity contribution >= 4 is 19.8 Å². The topological polar surface area (TPSA) is 119 Å². The van der Waals surface area contributed by atoms with Crippen LogP contribution < -0.4 is 0 Å². The van der Waals surface area contributed by atoms with Crippen molar-refractivity contribution in [3.8, 4) is 0 Å². The number of carbonyl (C=O) groups is 2. The number of ether oxygens (including phenoxy) is 2. The highest BCUT2D eigenvalue weighted by molar-refractivity contribution is 7.46. The van der Waals surface area contributed by atoms with Crippen LogP contribution in [0.4, 0.5) is 0 Å². The highest BCUT2D eigenvalue weighted by atomic mass is 31.2. The number of phosphoric ester groups is 1. The molecule has 8 nitrogen and oxygen atoms in total. The minimum Gasteiger partial charge on any atom is -0.462 e. The van der Waals surface area contributed by atoms with Crippen molar-refractivity contribution in [2.75, 3.05) is 13.2 Å². The molecule has 0 bridgehead atoms. The second-order valence-corrected chi connectivity index (χ2v) is 13.4. The maximum absolute atomic E-state index is 12.3. The molecule has 1 atom stereocenters. The summed E-state index contributed by atoms with van der Waals surface area (Å²) in [6.07, 6.45) is 42.3. The third kappa shape index (κ3) is 36.6. The molecule has 2 N–H and O–H groups in total. The molecular weight excluding hydrogens is 627 g/mol. The predicted octanol–water partition coefficient (Wildman–Crippen LogP) is 11.0. The van der Waals surface area contributed by atoms with E-state index >= 15 is 0 Å². The maximum Gasteiger partial charge on any atom is 0.469 e. The summed E-state index contributed by atoms with van der Waals surface area (Å²) in [6, 6.07) is 0. The fourth-order valence-electron chi connectivity index (χ4n) is 4.81. The molecule has 0 aliphatic carbocycles. The standard InChI is InChI=1S/C39H67O8P/c1-3-5-7-9-11-13-15-16-17-18-19-20-21-22-24-26-28-30-32-34-39(41)47-37(36-46-48(42,43)44)35-45-38(40)33-31-29-27-25-23-14-12-10-8-6-4-2/h5,7,11,13,16-17,19-20,22,24,37H,3-4,6,8-10,12,14-15,18,21,23,25-36H2,1-2H3,(H2,42,43,44)/b7-5+,13-11+,17-16+,20-19+,24-22+/t37-/m1/s1. The van der Waals surface area contributed by atoms with Crippen molar-refractivity contribution in [1.29, 1.82) is 0 Å². The van der Waals surface area contributed by atoms with Crippen molar-refractivity contribution in [1.82, 2.24) is 0 Å². The van der Waals surface area contributed by atoms with Crippen LogP contribution in [0.15, 0.2) is 60.8 Å². The molecule has 0 saturated heterocycles. The van der Waals surface area contributed by atoms with Crippen LogP contribution in [-0.2, 0) is 28.2 Å². The molecule has 0 saturated carbocycles. The maximum atomic E-state index is 12.3. The molecule has 0 aromatic heterocycles. The summed E-state index contributed by atoms with van der Waals surface area (Å²) in [5.41, 5.74) is 0. The van der Waals surface area contributed by atoms with E-state index in [-0.39, 0.29) is 19.4 Å². The van der Waals surface area contributed by atoms with Crippen LogP contribution >= 0.6 is 7.82 Å². The van der Waals surface area contributed by atoms with Gasteiger partial charge in [-0.05, 0) is 57.8 Å². The average Bonchev–Trinajstić information content (AvgIpc) is 3.05. The number of rotatable bonds is 33. The van der Waals surface area contributed by atoms with Gasteiger partial charge in [-0.3, -0.25) is 14.1 Å². The first-order valence-electron chi connectivity index (χ1n) is 18.6. The first-order valence-corrected chi connectivity index (χ1v) is 20.1. The Morgan fingerprint density at radius 1 is 0.562 bits per heavy atom. The summed E-state index contributed by atoms with van der Waals surface area (Å²) >= 11 is 0. The fraction of sp³-hybridized carbons (Fsp3) is 0.692. The monoisotopic (exact) mass is 694 g/mol. The lowest BCUT2D eigenvalue weighted by molar-refractivity contribution is -0.161. The lowest BCUT2D eigenvalue weighted by Gasteiger charge is -2.18. The van der Waals surface area contributed by atoms with Gasteiger partial charge in [0.25, 0.3) is 0 Å². The van der Waals surface area contributed by atoms with Gasteiger partial charge in [0.05, 0.1) is 6.61 Å². The lowest BCUT2D eigenvalue weighted by Crippen LogP contribution is -2.29. The van der Waals surface area contributed by atoms with Crippen molar-refractivity contribution in [2.24, 2.45) is 0 Å². The van der Waals surface area contributed by atoms with Gasteiger partial charge in [-0.25, -0.2) is 4.57 Å². The second-order valence-electron chi connectivity index (χ2n) is 12.2. The zero-order chi connectivity index (χ0) is 35.4. The Kier molecular flexibility index (Phi) is 33.0. The van der Waals surface area contributed by atoms with Crippen LogP contribution in [0, 0.1) is 0 Å². The van der Waals surface area contributed by atoms with Crippen LogP contribution in [0.1, 0.15) is 155 Å². The van der Waals surface area contributed by atoms with Gasteiger partial charge in [-0.2, -0.15) is 0 Å². The molecule has 0 amide bonds. The number of phosphoric acid groups is 1. The minimum absolute atomic E-state index is 0.171. The summed E-state index contributed by atoms with van der Waals surface area (Å²) in [5.74, 6) is -0.927. The molecule has 0 fully saturated rings. The number of hydrogen-bond acceptors (Lipinski definition) is 6. The number of unbranched alkanes of at least 4 members (excludes halogenated alkanes) is 13. The van der Waals surface area contributed by atoms with E-state index in [2.05, 4.69) is 79.1 Å².